The molecule has 1 aromatic carbocycles. The average molecular weight is 402 g/mol. The zero-order chi connectivity index (χ0) is 19.5. The van der Waals surface area contributed by atoms with Gasteiger partial charge >= 0.3 is 0 Å². The summed E-state index contributed by atoms with van der Waals surface area (Å²) in [7, 11) is 0. The number of thiazole rings is 1. The second-order valence-electron chi connectivity index (χ2n) is 8.13. The maximum absolute atomic E-state index is 13.3. The van der Waals surface area contributed by atoms with Crippen molar-refractivity contribution in [3.8, 4) is 0 Å². The fourth-order valence-electron chi connectivity index (χ4n) is 4.30. The van der Waals surface area contributed by atoms with E-state index in [0.717, 1.165) is 69.3 Å². The van der Waals surface area contributed by atoms with Crippen molar-refractivity contribution in [2.75, 3.05) is 44.3 Å². The highest BCUT2D eigenvalue weighted by molar-refractivity contribution is 7.22. The average Bonchev–Trinajstić information content (AvgIpc) is 3.39. The molecule has 152 valence electrons. The highest BCUT2D eigenvalue weighted by atomic mass is 32.1. The maximum atomic E-state index is 13.3. The molecular formula is C22H31N3O2S. The minimum atomic E-state index is 0.179. The van der Waals surface area contributed by atoms with Gasteiger partial charge in [0.15, 0.2) is 5.13 Å². The first-order valence-corrected chi connectivity index (χ1v) is 11.4. The van der Waals surface area contributed by atoms with Gasteiger partial charge in [-0.1, -0.05) is 30.2 Å². The molecule has 1 aromatic heterocycles. The first kappa shape index (κ1) is 19.8. The number of aromatic nitrogens is 1. The lowest BCUT2D eigenvalue weighted by molar-refractivity contribution is -0.122. The first-order valence-electron chi connectivity index (χ1n) is 10.6. The molecule has 6 heteroatoms. The van der Waals surface area contributed by atoms with Crippen LogP contribution in [-0.4, -0.2) is 55.2 Å². The lowest BCUT2D eigenvalue weighted by atomic mass is 10.1. The van der Waals surface area contributed by atoms with Gasteiger partial charge in [0, 0.05) is 32.1 Å². The van der Waals surface area contributed by atoms with Gasteiger partial charge in [0.1, 0.15) is 0 Å². The molecule has 0 unspecified atom stereocenters. The van der Waals surface area contributed by atoms with Crippen LogP contribution in [0, 0.1) is 19.8 Å². The minimum Gasteiger partial charge on any atom is -0.379 e. The zero-order valence-electron chi connectivity index (χ0n) is 17.1. The zero-order valence-corrected chi connectivity index (χ0v) is 17.9. The summed E-state index contributed by atoms with van der Waals surface area (Å²) < 4.78 is 6.62. The van der Waals surface area contributed by atoms with Crippen molar-refractivity contribution in [1.82, 2.24) is 9.88 Å². The van der Waals surface area contributed by atoms with Crippen LogP contribution in [0.5, 0.6) is 0 Å². The van der Waals surface area contributed by atoms with E-state index in [1.54, 1.807) is 11.3 Å². The van der Waals surface area contributed by atoms with E-state index in [2.05, 4.69) is 30.9 Å². The summed E-state index contributed by atoms with van der Waals surface area (Å²) in [5, 5.41) is 0.877. The molecule has 1 saturated heterocycles. The number of nitrogens with zero attached hydrogens (tertiary/aromatic N) is 3. The van der Waals surface area contributed by atoms with Gasteiger partial charge in [0.05, 0.1) is 23.4 Å². The van der Waals surface area contributed by atoms with Gasteiger partial charge in [-0.15, -0.1) is 0 Å². The molecular weight excluding hydrogens is 370 g/mol. The van der Waals surface area contributed by atoms with Crippen LogP contribution in [0.2, 0.25) is 0 Å². The molecule has 0 bridgehead atoms. The van der Waals surface area contributed by atoms with E-state index in [-0.39, 0.29) is 11.8 Å². The molecule has 2 fully saturated rings. The molecule has 0 N–H and O–H groups in total. The Morgan fingerprint density at radius 3 is 2.75 bits per heavy atom. The number of amides is 1. The summed E-state index contributed by atoms with van der Waals surface area (Å²) in [5.74, 6) is 0.464. The largest absolute Gasteiger partial charge is 0.379 e. The number of anilines is 1. The van der Waals surface area contributed by atoms with Crippen LogP contribution < -0.4 is 4.90 Å². The molecule has 0 spiro atoms. The smallest absolute Gasteiger partial charge is 0.231 e. The normalized spacial score (nSPS) is 18.8. The molecule has 5 nitrogen and oxygen atoms in total. The standard InChI is InChI=1S/C22H31N3O2S/c1-16-8-9-19-20(17(16)2)23-22(28-19)25(21(26)18-6-3-4-7-18)11-5-10-24-12-14-27-15-13-24/h8-9,18H,3-7,10-15H2,1-2H3. The summed E-state index contributed by atoms with van der Waals surface area (Å²) in [5.41, 5.74) is 3.53. The fraction of sp³-hybridized carbons (Fsp3) is 0.636. The van der Waals surface area contributed by atoms with Crippen molar-refractivity contribution in [3.63, 3.8) is 0 Å². The second kappa shape index (κ2) is 8.89. The summed E-state index contributed by atoms with van der Waals surface area (Å²) >= 11 is 1.66. The van der Waals surface area contributed by atoms with Crippen molar-refractivity contribution >= 4 is 32.6 Å². The van der Waals surface area contributed by atoms with E-state index < -0.39 is 0 Å². The molecule has 2 heterocycles. The Morgan fingerprint density at radius 2 is 2.00 bits per heavy atom. The molecule has 0 atom stereocenters. The number of ether oxygens (including phenoxy) is 1. The van der Waals surface area contributed by atoms with Crippen molar-refractivity contribution in [1.29, 1.82) is 0 Å². The highest BCUT2D eigenvalue weighted by Gasteiger charge is 2.30. The van der Waals surface area contributed by atoms with Crippen LogP contribution in [0.25, 0.3) is 10.2 Å². The van der Waals surface area contributed by atoms with Gasteiger partial charge in [-0.3, -0.25) is 14.6 Å². The topological polar surface area (TPSA) is 45.7 Å². The molecule has 1 aliphatic heterocycles. The predicted octanol–water partition coefficient (Wildman–Crippen LogP) is 4.16. The van der Waals surface area contributed by atoms with Crippen LogP contribution in [0.3, 0.4) is 0 Å². The maximum Gasteiger partial charge on any atom is 0.231 e. The van der Waals surface area contributed by atoms with Crippen LogP contribution in [0.1, 0.15) is 43.2 Å². The molecule has 1 amide bonds. The third-order valence-electron chi connectivity index (χ3n) is 6.23. The lowest BCUT2D eigenvalue weighted by Gasteiger charge is -2.28. The van der Waals surface area contributed by atoms with Gasteiger partial charge in [-0.2, -0.15) is 0 Å². The Morgan fingerprint density at radius 1 is 1.25 bits per heavy atom. The Labute approximate surface area is 171 Å². The van der Waals surface area contributed by atoms with Gasteiger partial charge in [-0.25, -0.2) is 4.98 Å². The second-order valence-corrected chi connectivity index (χ2v) is 9.14. The van der Waals surface area contributed by atoms with Crippen LogP contribution in [0.4, 0.5) is 5.13 Å². The Hall–Kier alpha value is -1.50. The fourth-order valence-corrected chi connectivity index (χ4v) is 5.36. The summed E-state index contributed by atoms with van der Waals surface area (Å²) in [6.45, 7) is 9.65. The van der Waals surface area contributed by atoms with Crippen LogP contribution >= 0.6 is 11.3 Å². The first-order chi connectivity index (χ1) is 13.6. The number of benzene rings is 1. The van der Waals surface area contributed by atoms with Gasteiger partial charge in [0.25, 0.3) is 0 Å². The number of carbonyl (C=O) groups is 1. The monoisotopic (exact) mass is 401 g/mol. The van der Waals surface area contributed by atoms with Crippen molar-refractivity contribution in [2.24, 2.45) is 5.92 Å². The van der Waals surface area contributed by atoms with Gasteiger partial charge in [-0.05, 0) is 50.3 Å². The summed E-state index contributed by atoms with van der Waals surface area (Å²) in [6.07, 6.45) is 5.39. The summed E-state index contributed by atoms with van der Waals surface area (Å²) in [6, 6.07) is 4.30. The highest BCUT2D eigenvalue weighted by Crippen LogP contribution is 2.34. The predicted molar refractivity (Wildman–Crippen MR) is 115 cm³/mol. The van der Waals surface area contributed by atoms with Gasteiger partial charge in [0.2, 0.25) is 5.91 Å². The molecule has 1 aliphatic carbocycles. The number of carbonyl (C=O) groups excluding carboxylic acids is 1. The molecule has 0 radical (unpaired) electrons. The van der Waals surface area contributed by atoms with E-state index in [4.69, 9.17) is 9.72 Å². The lowest BCUT2D eigenvalue weighted by Crippen LogP contribution is -2.40. The number of aryl methyl sites for hydroxylation is 2. The van der Waals surface area contributed by atoms with E-state index in [1.165, 1.54) is 28.7 Å². The number of hydrogen-bond donors (Lipinski definition) is 0. The summed E-state index contributed by atoms with van der Waals surface area (Å²) in [4.78, 5) is 22.7. The SMILES string of the molecule is Cc1ccc2sc(N(CCCN3CCOCC3)C(=O)C3CCCC3)nc2c1C. The molecule has 4 rings (SSSR count). The van der Waals surface area contributed by atoms with E-state index in [0.29, 0.717) is 0 Å². The Kier molecular flexibility index (Phi) is 6.28. The third kappa shape index (κ3) is 4.24. The van der Waals surface area contributed by atoms with E-state index in [9.17, 15) is 4.79 Å². The number of rotatable bonds is 6. The Bertz CT molecular complexity index is 823. The molecule has 2 aromatic rings. The Balaban J connectivity index is 1.53. The number of fused-ring (bicyclic) bond motifs is 1. The number of hydrogen-bond acceptors (Lipinski definition) is 5. The minimum absolute atomic E-state index is 0.179. The quantitative estimate of drug-likeness (QED) is 0.729. The molecule has 2 aliphatic rings. The molecule has 28 heavy (non-hydrogen) atoms. The van der Waals surface area contributed by atoms with Crippen LogP contribution in [0.15, 0.2) is 12.1 Å². The van der Waals surface area contributed by atoms with Crippen LogP contribution in [-0.2, 0) is 9.53 Å². The van der Waals surface area contributed by atoms with Crippen molar-refractivity contribution in [2.45, 2.75) is 46.0 Å². The van der Waals surface area contributed by atoms with E-state index >= 15 is 0 Å². The van der Waals surface area contributed by atoms with Gasteiger partial charge < -0.3 is 4.74 Å². The van der Waals surface area contributed by atoms with Crippen molar-refractivity contribution < 1.29 is 9.53 Å². The van der Waals surface area contributed by atoms with Crippen molar-refractivity contribution in [3.05, 3.63) is 23.3 Å². The van der Waals surface area contributed by atoms with E-state index in [1.807, 2.05) is 4.90 Å². The third-order valence-corrected chi connectivity index (χ3v) is 7.28. The molecule has 1 saturated carbocycles. The number of morpholine rings is 1.